The van der Waals surface area contributed by atoms with E-state index in [1.165, 1.54) is 12.1 Å². The molecule has 8 heteroatoms. The van der Waals surface area contributed by atoms with E-state index in [1.54, 1.807) is 13.0 Å². The molecule has 1 N–H and O–H groups in total. The Labute approximate surface area is 108 Å². The fourth-order valence-corrected chi connectivity index (χ4v) is 3.41. The second-order valence-electron chi connectivity index (χ2n) is 3.48. The minimum Gasteiger partial charge on any atom is -0.361 e. The van der Waals surface area contributed by atoms with E-state index < -0.39 is 10.0 Å². The van der Waals surface area contributed by atoms with Gasteiger partial charge in [-0.2, -0.15) is 5.26 Å². The van der Waals surface area contributed by atoms with Crippen molar-refractivity contribution in [3.63, 3.8) is 0 Å². The van der Waals surface area contributed by atoms with Crippen molar-refractivity contribution in [3.05, 3.63) is 34.5 Å². The summed E-state index contributed by atoms with van der Waals surface area (Å²) in [6.45, 7) is 1.78. The molecular weight excluding hydrogens is 274 g/mol. The Kier molecular flexibility index (Phi) is 3.47. The zero-order valence-electron chi connectivity index (χ0n) is 9.37. The van der Waals surface area contributed by atoms with Crippen LogP contribution in [0.2, 0.25) is 0 Å². The molecule has 0 aliphatic heterocycles. The van der Waals surface area contributed by atoms with Gasteiger partial charge in [-0.1, -0.05) is 5.16 Å². The van der Waals surface area contributed by atoms with Crippen LogP contribution in [0.25, 0.3) is 0 Å². The normalized spacial score (nSPS) is 11.3. The van der Waals surface area contributed by atoms with Crippen molar-refractivity contribution in [1.29, 1.82) is 5.26 Å². The Balaban J connectivity index is 2.10. The van der Waals surface area contributed by atoms with Gasteiger partial charge in [-0.15, -0.1) is 11.3 Å². The van der Waals surface area contributed by atoms with E-state index in [-0.39, 0.29) is 10.8 Å². The van der Waals surface area contributed by atoms with Gasteiger partial charge in [0.1, 0.15) is 20.9 Å². The molecule has 6 nitrogen and oxygen atoms in total. The SMILES string of the molecule is Cc1cc(CNS(=O)(=O)c2ccc(C#N)s2)no1. The molecule has 18 heavy (non-hydrogen) atoms. The summed E-state index contributed by atoms with van der Waals surface area (Å²) >= 11 is 0.925. The number of rotatable bonds is 4. The van der Waals surface area contributed by atoms with Crippen LogP contribution in [0.15, 0.2) is 26.9 Å². The van der Waals surface area contributed by atoms with Crippen LogP contribution < -0.4 is 4.72 Å². The van der Waals surface area contributed by atoms with Crippen LogP contribution in [-0.4, -0.2) is 13.6 Å². The fourth-order valence-electron chi connectivity index (χ4n) is 1.27. The fraction of sp³-hybridized carbons (Fsp3) is 0.200. The zero-order valence-corrected chi connectivity index (χ0v) is 11.0. The van der Waals surface area contributed by atoms with Gasteiger partial charge in [0.05, 0.1) is 12.2 Å². The quantitative estimate of drug-likeness (QED) is 0.914. The van der Waals surface area contributed by atoms with Crippen LogP contribution >= 0.6 is 11.3 Å². The first-order valence-electron chi connectivity index (χ1n) is 4.93. The standard InChI is InChI=1S/C10H9N3O3S2/c1-7-4-8(13-16-7)6-12-18(14,15)10-3-2-9(5-11)17-10/h2-4,12H,6H2,1H3. The van der Waals surface area contributed by atoms with Gasteiger partial charge in [0.15, 0.2) is 0 Å². The van der Waals surface area contributed by atoms with E-state index in [4.69, 9.17) is 9.78 Å². The van der Waals surface area contributed by atoms with E-state index in [0.29, 0.717) is 16.3 Å². The molecule has 0 fully saturated rings. The van der Waals surface area contributed by atoms with Crippen LogP contribution in [0, 0.1) is 18.3 Å². The summed E-state index contributed by atoms with van der Waals surface area (Å²) in [6.07, 6.45) is 0. The van der Waals surface area contributed by atoms with Crippen LogP contribution in [0.4, 0.5) is 0 Å². The van der Waals surface area contributed by atoms with Gasteiger partial charge in [0, 0.05) is 6.07 Å². The van der Waals surface area contributed by atoms with Crippen molar-refractivity contribution in [2.75, 3.05) is 0 Å². The Hall–Kier alpha value is -1.69. The lowest BCUT2D eigenvalue weighted by Gasteiger charge is -2.01. The highest BCUT2D eigenvalue weighted by atomic mass is 32.2. The molecule has 0 aliphatic carbocycles. The molecule has 2 aromatic heterocycles. The third-order valence-electron chi connectivity index (χ3n) is 2.08. The maximum absolute atomic E-state index is 11.9. The smallest absolute Gasteiger partial charge is 0.250 e. The zero-order chi connectivity index (χ0) is 13.2. The maximum atomic E-state index is 11.9. The number of hydrogen-bond donors (Lipinski definition) is 1. The van der Waals surface area contributed by atoms with Crippen LogP contribution in [-0.2, 0) is 16.6 Å². The third kappa shape index (κ3) is 2.76. The second kappa shape index (κ2) is 4.89. The third-order valence-corrected chi connectivity index (χ3v) is 4.96. The number of nitrogens with one attached hydrogen (secondary N) is 1. The first-order valence-corrected chi connectivity index (χ1v) is 7.23. The second-order valence-corrected chi connectivity index (χ2v) is 6.56. The van der Waals surface area contributed by atoms with Crippen molar-refractivity contribution in [2.24, 2.45) is 0 Å². The lowest BCUT2D eigenvalue weighted by molar-refractivity contribution is 0.390. The molecule has 0 bridgehead atoms. The molecule has 2 heterocycles. The molecule has 0 amide bonds. The highest BCUT2D eigenvalue weighted by Crippen LogP contribution is 2.20. The molecule has 0 atom stereocenters. The van der Waals surface area contributed by atoms with Gasteiger partial charge >= 0.3 is 0 Å². The van der Waals surface area contributed by atoms with E-state index >= 15 is 0 Å². The molecule has 2 rings (SSSR count). The molecule has 0 spiro atoms. The van der Waals surface area contributed by atoms with Crippen molar-refractivity contribution >= 4 is 21.4 Å². The van der Waals surface area contributed by atoms with Gasteiger partial charge < -0.3 is 4.52 Å². The lowest BCUT2D eigenvalue weighted by Crippen LogP contribution is -2.22. The molecule has 94 valence electrons. The van der Waals surface area contributed by atoms with Gasteiger partial charge in [-0.3, -0.25) is 0 Å². The van der Waals surface area contributed by atoms with Gasteiger partial charge in [0.2, 0.25) is 10.0 Å². The monoisotopic (exact) mass is 283 g/mol. The van der Waals surface area contributed by atoms with Crippen molar-refractivity contribution in [3.8, 4) is 6.07 Å². The first kappa shape index (κ1) is 12.8. The number of hydrogen-bond acceptors (Lipinski definition) is 6. The molecule has 2 aromatic rings. The molecule has 0 saturated carbocycles. The van der Waals surface area contributed by atoms with Crippen LogP contribution in [0.1, 0.15) is 16.3 Å². The minimum atomic E-state index is -3.60. The average molecular weight is 283 g/mol. The van der Waals surface area contributed by atoms with Gasteiger partial charge in [0.25, 0.3) is 0 Å². The van der Waals surface area contributed by atoms with E-state index in [2.05, 4.69) is 9.88 Å². The first-order chi connectivity index (χ1) is 8.51. The van der Waals surface area contributed by atoms with Crippen LogP contribution in [0.5, 0.6) is 0 Å². The number of sulfonamides is 1. The predicted molar refractivity (Wildman–Crippen MR) is 64.3 cm³/mol. The van der Waals surface area contributed by atoms with E-state index in [0.717, 1.165) is 11.3 Å². The highest BCUT2D eigenvalue weighted by Gasteiger charge is 2.17. The predicted octanol–water partition coefficient (Wildman–Crippen LogP) is 1.39. The molecule has 0 radical (unpaired) electrons. The summed E-state index contributed by atoms with van der Waals surface area (Å²) in [6, 6.07) is 6.42. The Morgan fingerprint density at radius 3 is 2.89 bits per heavy atom. The topological polar surface area (TPSA) is 96.0 Å². The minimum absolute atomic E-state index is 0.0550. The number of nitriles is 1. The maximum Gasteiger partial charge on any atom is 0.250 e. The van der Waals surface area contributed by atoms with Crippen LogP contribution in [0.3, 0.4) is 0 Å². The number of aromatic nitrogens is 1. The molecular formula is C10H9N3O3S2. The summed E-state index contributed by atoms with van der Waals surface area (Å²) in [7, 11) is -3.60. The van der Waals surface area contributed by atoms with Crippen molar-refractivity contribution in [1.82, 2.24) is 9.88 Å². The molecule has 0 aromatic carbocycles. The molecule has 0 aliphatic rings. The summed E-state index contributed by atoms with van der Waals surface area (Å²) in [5, 5.41) is 12.3. The lowest BCUT2D eigenvalue weighted by atomic mass is 10.4. The number of nitrogens with zero attached hydrogens (tertiary/aromatic N) is 2. The van der Waals surface area contributed by atoms with Gasteiger partial charge in [-0.25, -0.2) is 13.1 Å². The highest BCUT2D eigenvalue weighted by molar-refractivity contribution is 7.91. The molecule has 0 saturated heterocycles. The Morgan fingerprint density at radius 1 is 1.56 bits per heavy atom. The Morgan fingerprint density at radius 2 is 2.33 bits per heavy atom. The Bertz CT molecular complexity index is 694. The molecule has 0 unspecified atom stereocenters. The summed E-state index contributed by atoms with van der Waals surface area (Å²) in [4.78, 5) is 0.354. The van der Waals surface area contributed by atoms with E-state index in [9.17, 15) is 8.42 Å². The average Bonchev–Trinajstić information content (AvgIpc) is 2.95. The van der Waals surface area contributed by atoms with Gasteiger partial charge in [-0.05, 0) is 19.1 Å². The summed E-state index contributed by atoms with van der Waals surface area (Å²) in [5.74, 6) is 0.618. The van der Waals surface area contributed by atoms with Crippen molar-refractivity contribution in [2.45, 2.75) is 17.7 Å². The summed E-state index contributed by atoms with van der Waals surface area (Å²) < 4.78 is 31.1. The number of thiophene rings is 1. The van der Waals surface area contributed by atoms with E-state index in [1.807, 2.05) is 6.07 Å². The largest absolute Gasteiger partial charge is 0.361 e. The van der Waals surface area contributed by atoms with Crippen molar-refractivity contribution < 1.29 is 12.9 Å². The number of aryl methyl sites for hydroxylation is 1. The summed E-state index contributed by atoms with van der Waals surface area (Å²) in [5.41, 5.74) is 0.508.